The van der Waals surface area contributed by atoms with Crippen LogP contribution in [0.3, 0.4) is 0 Å². The van der Waals surface area contributed by atoms with Crippen molar-refractivity contribution >= 4 is 28.9 Å². The fourth-order valence-corrected chi connectivity index (χ4v) is 3.45. The van der Waals surface area contributed by atoms with E-state index in [4.69, 9.17) is 14.2 Å². The number of amides is 1. The zero-order valence-corrected chi connectivity index (χ0v) is 17.5. The lowest BCUT2D eigenvalue weighted by Crippen LogP contribution is -2.25. The standard InChI is InChI=1S/C23H22N2O5/c1-13-19(30-23(27)24(2)3)9-7-16-21(26)20(29-22(13)16)10-14-12-25(4)18-8-6-15(28-5)11-17(14)18/h6-12H,1-5H3. The van der Waals surface area contributed by atoms with E-state index in [0.717, 1.165) is 22.2 Å². The largest absolute Gasteiger partial charge is 0.497 e. The summed E-state index contributed by atoms with van der Waals surface area (Å²) in [4.78, 5) is 26.1. The summed E-state index contributed by atoms with van der Waals surface area (Å²) in [7, 11) is 6.76. The van der Waals surface area contributed by atoms with E-state index in [1.807, 2.05) is 36.0 Å². The summed E-state index contributed by atoms with van der Waals surface area (Å²) in [6.45, 7) is 1.76. The van der Waals surface area contributed by atoms with Crippen LogP contribution in [0, 0.1) is 6.92 Å². The van der Waals surface area contributed by atoms with Crippen LogP contribution >= 0.6 is 0 Å². The van der Waals surface area contributed by atoms with Gasteiger partial charge in [-0.2, -0.15) is 0 Å². The molecular weight excluding hydrogens is 384 g/mol. The van der Waals surface area contributed by atoms with Gasteiger partial charge in [-0.25, -0.2) is 4.79 Å². The van der Waals surface area contributed by atoms with Gasteiger partial charge >= 0.3 is 6.09 Å². The van der Waals surface area contributed by atoms with Gasteiger partial charge in [-0.1, -0.05) is 0 Å². The molecule has 0 radical (unpaired) electrons. The number of hydrogen-bond acceptors (Lipinski definition) is 5. The topological polar surface area (TPSA) is 70.0 Å². The molecule has 2 aromatic carbocycles. The molecular formula is C23H22N2O5. The quantitative estimate of drug-likeness (QED) is 0.611. The Balaban J connectivity index is 1.73. The molecule has 1 aliphatic rings. The van der Waals surface area contributed by atoms with E-state index in [2.05, 4.69) is 0 Å². The number of allylic oxidation sites excluding steroid dienone is 1. The number of carbonyl (C=O) groups is 2. The van der Waals surface area contributed by atoms with Crippen molar-refractivity contribution in [3.63, 3.8) is 0 Å². The van der Waals surface area contributed by atoms with E-state index in [0.29, 0.717) is 22.6 Å². The second-order valence-corrected chi connectivity index (χ2v) is 7.35. The number of nitrogens with zero attached hydrogens (tertiary/aromatic N) is 2. The number of benzene rings is 2. The van der Waals surface area contributed by atoms with Gasteiger partial charge in [-0.15, -0.1) is 0 Å². The SMILES string of the molecule is COc1ccc2c(c1)c(C=C1Oc3c(ccc(OC(=O)N(C)C)c3C)C1=O)cn2C. The van der Waals surface area contributed by atoms with Gasteiger partial charge < -0.3 is 23.7 Å². The highest BCUT2D eigenvalue weighted by atomic mass is 16.6. The van der Waals surface area contributed by atoms with Gasteiger partial charge in [0.25, 0.3) is 0 Å². The van der Waals surface area contributed by atoms with Gasteiger partial charge in [0.05, 0.1) is 12.7 Å². The molecule has 7 nitrogen and oxygen atoms in total. The molecule has 0 saturated carbocycles. The molecule has 0 atom stereocenters. The Morgan fingerprint density at radius 1 is 1.20 bits per heavy atom. The Hall–Kier alpha value is -3.74. The van der Waals surface area contributed by atoms with E-state index in [1.165, 1.54) is 4.90 Å². The van der Waals surface area contributed by atoms with Gasteiger partial charge in [0.15, 0.2) is 5.76 Å². The number of aromatic nitrogens is 1. The second-order valence-electron chi connectivity index (χ2n) is 7.35. The van der Waals surface area contributed by atoms with Gasteiger partial charge in [-0.3, -0.25) is 4.79 Å². The molecule has 0 saturated heterocycles. The van der Waals surface area contributed by atoms with Crippen LogP contribution < -0.4 is 14.2 Å². The molecule has 0 unspecified atom stereocenters. The molecule has 0 aliphatic carbocycles. The lowest BCUT2D eigenvalue weighted by atomic mass is 10.1. The minimum Gasteiger partial charge on any atom is -0.497 e. The maximum atomic E-state index is 12.9. The number of ketones is 1. The average molecular weight is 406 g/mol. The van der Waals surface area contributed by atoms with E-state index < -0.39 is 6.09 Å². The second kappa shape index (κ2) is 7.26. The number of rotatable bonds is 3. The third-order valence-corrected chi connectivity index (χ3v) is 5.11. The summed E-state index contributed by atoms with van der Waals surface area (Å²) in [5, 5.41) is 0.953. The summed E-state index contributed by atoms with van der Waals surface area (Å²) in [6.07, 6.45) is 3.17. The first-order valence-electron chi connectivity index (χ1n) is 9.40. The lowest BCUT2D eigenvalue weighted by molar-refractivity contribution is 0.101. The van der Waals surface area contributed by atoms with Crippen LogP contribution in [0.4, 0.5) is 4.79 Å². The minimum atomic E-state index is -0.497. The Morgan fingerprint density at radius 3 is 2.67 bits per heavy atom. The predicted molar refractivity (Wildman–Crippen MR) is 113 cm³/mol. The highest BCUT2D eigenvalue weighted by Crippen LogP contribution is 2.40. The summed E-state index contributed by atoms with van der Waals surface area (Å²) in [5.41, 5.74) is 2.90. The number of fused-ring (bicyclic) bond motifs is 2. The van der Waals surface area contributed by atoms with Crippen LogP contribution in [0.5, 0.6) is 17.2 Å². The van der Waals surface area contributed by atoms with Crippen molar-refractivity contribution < 1.29 is 23.8 Å². The van der Waals surface area contributed by atoms with E-state index in [9.17, 15) is 9.59 Å². The third-order valence-electron chi connectivity index (χ3n) is 5.11. The van der Waals surface area contributed by atoms with Crippen molar-refractivity contribution in [1.82, 2.24) is 9.47 Å². The van der Waals surface area contributed by atoms with Crippen LogP contribution in [0.1, 0.15) is 21.5 Å². The molecule has 0 fully saturated rings. The fourth-order valence-electron chi connectivity index (χ4n) is 3.45. The number of methoxy groups -OCH3 is 1. The molecule has 3 aromatic rings. The maximum absolute atomic E-state index is 12.9. The van der Waals surface area contributed by atoms with Crippen molar-refractivity contribution in [1.29, 1.82) is 0 Å². The molecule has 4 rings (SSSR count). The first kappa shape index (κ1) is 19.6. The van der Waals surface area contributed by atoms with E-state index in [-0.39, 0.29) is 11.5 Å². The Morgan fingerprint density at radius 2 is 1.97 bits per heavy atom. The number of hydrogen-bond donors (Lipinski definition) is 0. The van der Waals surface area contributed by atoms with Crippen molar-refractivity contribution in [2.45, 2.75) is 6.92 Å². The smallest absolute Gasteiger partial charge is 0.414 e. The molecule has 0 N–H and O–H groups in total. The van der Waals surface area contributed by atoms with E-state index in [1.54, 1.807) is 46.3 Å². The number of aryl methyl sites for hydroxylation is 1. The molecule has 30 heavy (non-hydrogen) atoms. The van der Waals surface area contributed by atoms with Crippen LogP contribution in [-0.2, 0) is 7.05 Å². The van der Waals surface area contributed by atoms with Crippen LogP contribution in [0.25, 0.3) is 17.0 Å². The summed E-state index contributed by atoms with van der Waals surface area (Å²) < 4.78 is 18.6. The summed E-state index contributed by atoms with van der Waals surface area (Å²) in [5.74, 6) is 1.51. The first-order chi connectivity index (χ1) is 14.3. The molecule has 1 aliphatic heterocycles. The van der Waals surface area contributed by atoms with Crippen LogP contribution in [-0.4, -0.2) is 42.5 Å². The van der Waals surface area contributed by atoms with E-state index >= 15 is 0 Å². The predicted octanol–water partition coefficient (Wildman–Crippen LogP) is 4.17. The van der Waals surface area contributed by atoms with Gasteiger partial charge in [0.1, 0.15) is 17.2 Å². The van der Waals surface area contributed by atoms with Gasteiger partial charge in [-0.05, 0) is 43.3 Å². The van der Waals surface area contributed by atoms with Crippen molar-refractivity contribution in [3.8, 4) is 17.2 Å². The third kappa shape index (κ3) is 3.18. The summed E-state index contributed by atoms with van der Waals surface area (Å²) >= 11 is 0. The molecule has 0 bridgehead atoms. The molecule has 2 heterocycles. The molecule has 1 amide bonds. The molecule has 0 spiro atoms. The van der Waals surface area contributed by atoms with Crippen LogP contribution in [0.15, 0.2) is 42.3 Å². The lowest BCUT2D eigenvalue weighted by Gasteiger charge is -2.13. The molecule has 1 aromatic heterocycles. The van der Waals surface area contributed by atoms with Crippen molar-refractivity contribution in [2.24, 2.45) is 7.05 Å². The highest BCUT2D eigenvalue weighted by Gasteiger charge is 2.31. The number of ether oxygens (including phenoxy) is 3. The maximum Gasteiger partial charge on any atom is 0.414 e. The van der Waals surface area contributed by atoms with Crippen molar-refractivity contribution in [2.75, 3.05) is 21.2 Å². The monoisotopic (exact) mass is 406 g/mol. The Labute approximate surface area is 174 Å². The normalized spacial score (nSPS) is 14.0. The van der Waals surface area contributed by atoms with Gasteiger partial charge in [0.2, 0.25) is 5.78 Å². The van der Waals surface area contributed by atoms with Crippen molar-refractivity contribution in [3.05, 3.63) is 59.0 Å². The van der Waals surface area contributed by atoms with Gasteiger partial charge in [0, 0.05) is 49.4 Å². The summed E-state index contributed by atoms with van der Waals surface area (Å²) in [6, 6.07) is 9.03. The van der Waals surface area contributed by atoms with Crippen LogP contribution in [0.2, 0.25) is 0 Å². The number of carbonyl (C=O) groups excluding carboxylic acids is 2. The zero-order chi connectivity index (χ0) is 21.6. The fraction of sp³-hybridized carbons (Fsp3) is 0.217. The Bertz CT molecular complexity index is 1220. The highest BCUT2D eigenvalue weighted by molar-refractivity contribution is 6.15. The molecule has 154 valence electrons. The zero-order valence-electron chi connectivity index (χ0n) is 17.5. The average Bonchev–Trinajstić information content (AvgIpc) is 3.21. The number of Topliss-reactive ketones (excluding diaryl/α,β-unsaturated/α-hetero) is 1. The minimum absolute atomic E-state index is 0.210. The Kier molecular flexibility index (Phi) is 4.73. The molecule has 7 heteroatoms. The first-order valence-corrected chi connectivity index (χ1v) is 9.40.